The second-order valence-electron chi connectivity index (χ2n) is 4.75. The lowest BCUT2D eigenvalue weighted by atomic mass is 10.1. The van der Waals surface area contributed by atoms with Crippen LogP contribution in [0.15, 0.2) is 30.3 Å². The maximum atomic E-state index is 11.7. The molecule has 0 atom stereocenters. The van der Waals surface area contributed by atoms with E-state index in [1.165, 1.54) is 0 Å². The Kier molecular flexibility index (Phi) is 4.59. The summed E-state index contributed by atoms with van der Waals surface area (Å²) in [5.74, 6) is 0.699. The van der Waals surface area contributed by atoms with Crippen LogP contribution in [0.25, 0.3) is 0 Å². The van der Waals surface area contributed by atoms with Gasteiger partial charge in [0.2, 0.25) is 0 Å². The largest absolute Gasteiger partial charge is 0.484 e. The van der Waals surface area contributed by atoms with Crippen LogP contribution in [0.2, 0.25) is 0 Å². The average molecular weight is 248 g/mol. The topological polar surface area (TPSA) is 41.6 Å². The van der Waals surface area contributed by atoms with Gasteiger partial charge in [-0.05, 0) is 45.1 Å². The molecule has 1 heterocycles. The maximum Gasteiger partial charge on any atom is 0.258 e. The Bertz CT molecular complexity index is 373. The van der Waals surface area contributed by atoms with Crippen molar-refractivity contribution in [2.75, 3.05) is 26.7 Å². The number of rotatable bonds is 4. The van der Waals surface area contributed by atoms with Crippen LogP contribution in [0.5, 0.6) is 5.75 Å². The van der Waals surface area contributed by atoms with Gasteiger partial charge in [-0.3, -0.25) is 4.79 Å². The van der Waals surface area contributed by atoms with Gasteiger partial charge in [-0.25, -0.2) is 0 Å². The third-order valence-electron chi connectivity index (χ3n) is 3.20. The first kappa shape index (κ1) is 12.9. The van der Waals surface area contributed by atoms with Crippen LogP contribution >= 0.6 is 0 Å². The van der Waals surface area contributed by atoms with E-state index >= 15 is 0 Å². The van der Waals surface area contributed by atoms with Crippen molar-refractivity contribution in [1.29, 1.82) is 0 Å². The zero-order valence-electron chi connectivity index (χ0n) is 10.8. The quantitative estimate of drug-likeness (QED) is 0.872. The molecule has 1 aliphatic heterocycles. The smallest absolute Gasteiger partial charge is 0.258 e. The lowest BCUT2D eigenvalue weighted by molar-refractivity contribution is -0.124. The molecule has 1 aromatic carbocycles. The van der Waals surface area contributed by atoms with Crippen LogP contribution in [-0.2, 0) is 4.79 Å². The second-order valence-corrected chi connectivity index (χ2v) is 4.75. The van der Waals surface area contributed by atoms with Crippen LogP contribution in [0.3, 0.4) is 0 Å². The molecule has 0 bridgehead atoms. The summed E-state index contributed by atoms with van der Waals surface area (Å²) in [5, 5.41) is 3.02. The Morgan fingerprint density at radius 1 is 1.33 bits per heavy atom. The van der Waals surface area contributed by atoms with Crippen molar-refractivity contribution < 1.29 is 9.53 Å². The summed E-state index contributed by atoms with van der Waals surface area (Å²) in [6.07, 6.45) is 2.04. The molecule has 98 valence electrons. The number of hydrogen-bond acceptors (Lipinski definition) is 3. The lowest BCUT2D eigenvalue weighted by Crippen LogP contribution is -2.44. The van der Waals surface area contributed by atoms with Gasteiger partial charge in [-0.1, -0.05) is 18.2 Å². The minimum atomic E-state index is -0.0339. The highest BCUT2D eigenvalue weighted by atomic mass is 16.5. The summed E-state index contributed by atoms with van der Waals surface area (Å²) in [4.78, 5) is 14.0. The Morgan fingerprint density at radius 3 is 2.67 bits per heavy atom. The van der Waals surface area contributed by atoms with Crippen LogP contribution in [0.4, 0.5) is 0 Å². The number of amides is 1. The van der Waals surface area contributed by atoms with Crippen molar-refractivity contribution in [2.24, 2.45) is 0 Å². The van der Waals surface area contributed by atoms with E-state index in [2.05, 4.69) is 17.3 Å². The number of para-hydroxylation sites is 1. The maximum absolute atomic E-state index is 11.7. The number of benzene rings is 1. The molecule has 0 aliphatic carbocycles. The van der Waals surface area contributed by atoms with Crippen LogP contribution in [0.1, 0.15) is 12.8 Å². The van der Waals surface area contributed by atoms with Crippen LogP contribution < -0.4 is 10.1 Å². The Labute approximate surface area is 108 Å². The van der Waals surface area contributed by atoms with Gasteiger partial charge in [0.25, 0.3) is 5.91 Å². The van der Waals surface area contributed by atoms with E-state index < -0.39 is 0 Å². The number of ether oxygens (including phenoxy) is 1. The van der Waals surface area contributed by atoms with E-state index in [0.717, 1.165) is 31.7 Å². The van der Waals surface area contributed by atoms with E-state index in [0.29, 0.717) is 6.04 Å². The van der Waals surface area contributed by atoms with Crippen LogP contribution in [0, 0.1) is 0 Å². The molecule has 1 aliphatic rings. The average Bonchev–Trinajstić information content (AvgIpc) is 2.40. The fraction of sp³-hybridized carbons (Fsp3) is 0.500. The summed E-state index contributed by atoms with van der Waals surface area (Å²) in [5.41, 5.74) is 0. The standard InChI is InChI=1S/C14H20N2O2/c1-16-9-7-12(8-10-16)15-14(17)11-18-13-5-3-2-4-6-13/h2-6,12H,7-11H2,1H3,(H,15,17). The second kappa shape index (κ2) is 6.40. The minimum Gasteiger partial charge on any atom is -0.484 e. The molecule has 1 N–H and O–H groups in total. The summed E-state index contributed by atoms with van der Waals surface area (Å²) >= 11 is 0. The molecule has 18 heavy (non-hydrogen) atoms. The van der Waals surface area contributed by atoms with E-state index in [-0.39, 0.29) is 12.5 Å². The van der Waals surface area contributed by atoms with Gasteiger partial charge < -0.3 is 15.0 Å². The molecular weight excluding hydrogens is 228 g/mol. The third-order valence-corrected chi connectivity index (χ3v) is 3.20. The van der Waals surface area contributed by atoms with Gasteiger partial charge in [0.1, 0.15) is 5.75 Å². The zero-order valence-corrected chi connectivity index (χ0v) is 10.8. The van der Waals surface area contributed by atoms with E-state index in [9.17, 15) is 4.79 Å². The summed E-state index contributed by atoms with van der Waals surface area (Å²) in [6, 6.07) is 9.71. The number of piperidine rings is 1. The molecule has 1 saturated heterocycles. The first-order valence-electron chi connectivity index (χ1n) is 6.40. The Balaban J connectivity index is 1.69. The first-order valence-corrected chi connectivity index (χ1v) is 6.40. The molecule has 1 aromatic rings. The third kappa shape index (κ3) is 4.04. The normalized spacial score (nSPS) is 17.4. The predicted molar refractivity (Wildman–Crippen MR) is 70.6 cm³/mol. The molecule has 0 saturated carbocycles. The molecule has 1 fully saturated rings. The molecule has 2 rings (SSSR count). The van der Waals surface area contributed by atoms with Gasteiger partial charge in [-0.15, -0.1) is 0 Å². The van der Waals surface area contributed by atoms with Gasteiger partial charge in [0, 0.05) is 6.04 Å². The van der Waals surface area contributed by atoms with Crippen molar-refractivity contribution in [3.63, 3.8) is 0 Å². The van der Waals surface area contributed by atoms with Crippen molar-refractivity contribution in [3.8, 4) is 5.75 Å². The van der Waals surface area contributed by atoms with E-state index in [1.807, 2.05) is 30.3 Å². The Morgan fingerprint density at radius 2 is 2.00 bits per heavy atom. The monoisotopic (exact) mass is 248 g/mol. The molecule has 0 radical (unpaired) electrons. The van der Waals surface area contributed by atoms with Crippen LogP contribution in [-0.4, -0.2) is 43.6 Å². The SMILES string of the molecule is CN1CCC(NC(=O)COc2ccccc2)CC1. The fourth-order valence-electron chi connectivity index (χ4n) is 2.09. The number of hydrogen-bond donors (Lipinski definition) is 1. The van der Waals surface area contributed by atoms with Crippen molar-refractivity contribution >= 4 is 5.91 Å². The highest BCUT2D eigenvalue weighted by molar-refractivity contribution is 5.77. The van der Waals surface area contributed by atoms with Crippen molar-refractivity contribution in [3.05, 3.63) is 30.3 Å². The number of nitrogens with one attached hydrogen (secondary N) is 1. The van der Waals surface area contributed by atoms with E-state index in [4.69, 9.17) is 4.74 Å². The Hall–Kier alpha value is -1.55. The number of carbonyl (C=O) groups excluding carboxylic acids is 1. The van der Waals surface area contributed by atoms with Crippen molar-refractivity contribution in [1.82, 2.24) is 10.2 Å². The van der Waals surface area contributed by atoms with Gasteiger partial charge in [-0.2, -0.15) is 0 Å². The molecule has 4 heteroatoms. The molecule has 1 amide bonds. The lowest BCUT2D eigenvalue weighted by Gasteiger charge is -2.29. The predicted octanol–water partition coefficient (Wildman–Crippen LogP) is 1.28. The molecule has 0 spiro atoms. The fourth-order valence-corrected chi connectivity index (χ4v) is 2.09. The van der Waals surface area contributed by atoms with E-state index in [1.54, 1.807) is 0 Å². The zero-order chi connectivity index (χ0) is 12.8. The summed E-state index contributed by atoms with van der Waals surface area (Å²) in [7, 11) is 2.11. The minimum absolute atomic E-state index is 0.0339. The number of nitrogens with zero attached hydrogens (tertiary/aromatic N) is 1. The van der Waals surface area contributed by atoms with Crippen molar-refractivity contribution in [2.45, 2.75) is 18.9 Å². The summed E-state index contributed by atoms with van der Waals surface area (Å²) in [6.45, 7) is 2.19. The highest BCUT2D eigenvalue weighted by Gasteiger charge is 2.18. The molecule has 4 nitrogen and oxygen atoms in total. The molecular formula is C14H20N2O2. The van der Waals surface area contributed by atoms with Gasteiger partial charge in [0.15, 0.2) is 6.61 Å². The van der Waals surface area contributed by atoms with Gasteiger partial charge in [0.05, 0.1) is 0 Å². The first-order chi connectivity index (χ1) is 8.74. The summed E-state index contributed by atoms with van der Waals surface area (Å²) < 4.78 is 5.41. The number of carbonyl (C=O) groups is 1. The molecule has 0 aromatic heterocycles. The highest BCUT2D eigenvalue weighted by Crippen LogP contribution is 2.09. The van der Waals surface area contributed by atoms with Gasteiger partial charge >= 0.3 is 0 Å². The molecule has 0 unspecified atom stereocenters. The number of likely N-dealkylation sites (tertiary alicyclic amines) is 1.